The highest BCUT2D eigenvalue weighted by molar-refractivity contribution is 5.42. The molecule has 19 heavy (non-hydrogen) atoms. The van der Waals surface area contributed by atoms with Crippen LogP contribution in [-0.4, -0.2) is 4.98 Å². The lowest BCUT2D eigenvalue weighted by Crippen LogP contribution is -2.11. The second-order valence-electron chi connectivity index (χ2n) is 3.88. The topological polar surface area (TPSA) is 24.9 Å². The minimum atomic E-state index is -4.39. The van der Waals surface area contributed by atoms with Crippen molar-refractivity contribution in [1.82, 2.24) is 4.98 Å². The summed E-state index contributed by atoms with van der Waals surface area (Å²) in [5, 5.41) is 2.77. The smallest absolute Gasteiger partial charge is 0.380 e. The third-order valence-corrected chi connectivity index (χ3v) is 2.53. The molecule has 6 heteroatoms. The van der Waals surface area contributed by atoms with Crippen LogP contribution in [0.15, 0.2) is 42.6 Å². The molecular weight excluding hydrogens is 260 g/mol. The second-order valence-corrected chi connectivity index (χ2v) is 3.88. The maximum Gasteiger partial charge on any atom is 0.416 e. The summed E-state index contributed by atoms with van der Waals surface area (Å²) < 4.78 is 50.8. The Morgan fingerprint density at radius 3 is 2.42 bits per heavy atom. The summed E-state index contributed by atoms with van der Waals surface area (Å²) in [7, 11) is 0. The normalized spacial score (nSPS) is 11.4. The zero-order chi connectivity index (χ0) is 13.9. The molecule has 0 fully saturated rings. The monoisotopic (exact) mass is 270 g/mol. The number of rotatable bonds is 3. The number of aromatic nitrogens is 1. The average molecular weight is 270 g/mol. The predicted octanol–water partition coefficient (Wildman–Crippen LogP) is 3.85. The summed E-state index contributed by atoms with van der Waals surface area (Å²) in [5.41, 5.74) is -0.102. The van der Waals surface area contributed by atoms with Gasteiger partial charge in [-0.3, -0.25) is 0 Å². The first kappa shape index (κ1) is 13.3. The van der Waals surface area contributed by atoms with Crippen LogP contribution in [0.25, 0.3) is 0 Å². The van der Waals surface area contributed by atoms with Gasteiger partial charge >= 0.3 is 6.18 Å². The highest BCUT2D eigenvalue weighted by Crippen LogP contribution is 2.32. The third kappa shape index (κ3) is 3.43. The zero-order valence-corrected chi connectivity index (χ0v) is 9.71. The summed E-state index contributed by atoms with van der Waals surface area (Å²) in [6, 6.07) is 7.85. The van der Waals surface area contributed by atoms with Gasteiger partial charge in [0, 0.05) is 6.54 Å². The molecule has 2 nitrogen and oxygen atoms in total. The van der Waals surface area contributed by atoms with Gasteiger partial charge in [-0.1, -0.05) is 18.2 Å². The lowest BCUT2D eigenvalue weighted by molar-refractivity contribution is -0.138. The molecule has 0 bridgehead atoms. The first-order valence-corrected chi connectivity index (χ1v) is 5.47. The predicted molar refractivity (Wildman–Crippen MR) is 63.0 cm³/mol. The molecule has 1 aromatic carbocycles. The van der Waals surface area contributed by atoms with Crippen molar-refractivity contribution in [2.24, 2.45) is 0 Å². The van der Waals surface area contributed by atoms with Crippen LogP contribution < -0.4 is 5.32 Å². The molecule has 1 heterocycles. The molecule has 1 N–H and O–H groups in total. The Kier molecular flexibility index (Phi) is 3.69. The maximum absolute atomic E-state index is 12.7. The summed E-state index contributed by atoms with van der Waals surface area (Å²) in [4.78, 5) is 3.41. The molecule has 0 spiro atoms. The minimum absolute atomic E-state index is 0.0109. The van der Waals surface area contributed by atoms with Crippen LogP contribution in [0, 0.1) is 5.95 Å². The van der Waals surface area contributed by atoms with Crippen molar-refractivity contribution in [3.63, 3.8) is 0 Å². The fourth-order valence-electron chi connectivity index (χ4n) is 1.63. The average Bonchev–Trinajstić information content (AvgIpc) is 2.37. The van der Waals surface area contributed by atoms with Gasteiger partial charge in [-0.15, -0.1) is 0 Å². The van der Waals surface area contributed by atoms with E-state index in [1.165, 1.54) is 30.5 Å². The van der Waals surface area contributed by atoms with E-state index in [-0.39, 0.29) is 12.1 Å². The summed E-state index contributed by atoms with van der Waals surface area (Å²) >= 11 is 0. The Labute approximate surface area is 107 Å². The largest absolute Gasteiger partial charge is 0.416 e. The molecule has 0 aliphatic rings. The number of anilines is 1. The van der Waals surface area contributed by atoms with E-state index in [9.17, 15) is 17.6 Å². The van der Waals surface area contributed by atoms with Gasteiger partial charge in [-0.25, -0.2) is 4.98 Å². The van der Waals surface area contributed by atoms with Gasteiger partial charge in [0.2, 0.25) is 5.95 Å². The molecule has 0 aliphatic heterocycles. The van der Waals surface area contributed by atoms with E-state index in [1.54, 1.807) is 0 Å². The van der Waals surface area contributed by atoms with Gasteiger partial charge in [0.1, 0.15) is 0 Å². The summed E-state index contributed by atoms with van der Waals surface area (Å²) in [6.07, 6.45) is -3.16. The molecule has 0 unspecified atom stereocenters. The Morgan fingerprint density at radius 2 is 1.79 bits per heavy atom. The fourth-order valence-corrected chi connectivity index (χ4v) is 1.63. The first-order valence-electron chi connectivity index (χ1n) is 5.47. The van der Waals surface area contributed by atoms with Crippen molar-refractivity contribution < 1.29 is 17.6 Å². The van der Waals surface area contributed by atoms with Crippen LogP contribution in [0.1, 0.15) is 11.1 Å². The summed E-state index contributed by atoms with van der Waals surface area (Å²) in [5.74, 6) is -0.638. The first-order chi connectivity index (χ1) is 8.97. The van der Waals surface area contributed by atoms with E-state index < -0.39 is 17.7 Å². The van der Waals surface area contributed by atoms with Gasteiger partial charge < -0.3 is 5.32 Å². The third-order valence-electron chi connectivity index (χ3n) is 2.53. The second kappa shape index (κ2) is 5.26. The molecule has 0 aliphatic carbocycles. The maximum atomic E-state index is 12.7. The number of hydrogen-bond acceptors (Lipinski definition) is 2. The molecule has 2 rings (SSSR count). The Balaban J connectivity index is 2.14. The lowest BCUT2D eigenvalue weighted by atomic mass is 10.1. The van der Waals surface area contributed by atoms with Crippen molar-refractivity contribution >= 4 is 5.69 Å². The molecule has 0 atom stereocenters. The van der Waals surface area contributed by atoms with E-state index in [4.69, 9.17) is 0 Å². The quantitative estimate of drug-likeness (QED) is 0.677. The van der Waals surface area contributed by atoms with Crippen molar-refractivity contribution in [2.75, 3.05) is 5.32 Å². The Hall–Kier alpha value is -2.11. The Morgan fingerprint density at radius 1 is 1.05 bits per heavy atom. The minimum Gasteiger partial charge on any atom is -0.380 e. The SMILES string of the molecule is Fc1ccc(NCc2ccccc2C(F)(F)F)cn1. The van der Waals surface area contributed by atoms with E-state index >= 15 is 0 Å². The van der Waals surface area contributed by atoms with Gasteiger partial charge in [0.15, 0.2) is 0 Å². The van der Waals surface area contributed by atoms with E-state index in [0.717, 1.165) is 12.1 Å². The fraction of sp³-hybridized carbons (Fsp3) is 0.154. The molecule has 100 valence electrons. The zero-order valence-electron chi connectivity index (χ0n) is 9.71. The van der Waals surface area contributed by atoms with Crippen LogP contribution in [-0.2, 0) is 12.7 Å². The van der Waals surface area contributed by atoms with Crippen LogP contribution >= 0.6 is 0 Å². The van der Waals surface area contributed by atoms with E-state index in [1.807, 2.05) is 0 Å². The van der Waals surface area contributed by atoms with Crippen LogP contribution in [0.2, 0.25) is 0 Å². The van der Waals surface area contributed by atoms with Crippen molar-refractivity contribution in [3.05, 3.63) is 59.7 Å². The number of nitrogens with one attached hydrogen (secondary N) is 1. The highest BCUT2D eigenvalue weighted by atomic mass is 19.4. The number of hydrogen-bond donors (Lipinski definition) is 1. The van der Waals surface area contributed by atoms with Crippen molar-refractivity contribution in [2.45, 2.75) is 12.7 Å². The number of nitrogens with zero attached hydrogens (tertiary/aromatic N) is 1. The lowest BCUT2D eigenvalue weighted by Gasteiger charge is -2.13. The Bertz CT molecular complexity index is 549. The van der Waals surface area contributed by atoms with Gasteiger partial charge in [-0.2, -0.15) is 17.6 Å². The molecule has 0 radical (unpaired) electrons. The molecule has 1 aromatic heterocycles. The molecular formula is C13H10F4N2. The van der Waals surface area contributed by atoms with Crippen LogP contribution in [0.5, 0.6) is 0 Å². The standard InChI is InChI=1S/C13H10F4N2/c14-12-6-5-10(8-19-12)18-7-9-3-1-2-4-11(9)13(15,16)17/h1-6,8,18H,7H2. The van der Waals surface area contributed by atoms with Gasteiger partial charge in [-0.05, 0) is 23.8 Å². The van der Waals surface area contributed by atoms with E-state index in [2.05, 4.69) is 10.3 Å². The number of halogens is 4. The van der Waals surface area contributed by atoms with Crippen LogP contribution in [0.4, 0.5) is 23.2 Å². The molecule has 0 saturated carbocycles. The molecule has 2 aromatic rings. The molecule has 0 saturated heterocycles. The molecule has 0 amide bonds. The van der Waals surface area contributed by atoms with Crippen LogP contribution in [0.3, 0.4) is 0 Å². The van der Waals surface area contributed by atoms with Crippen molar-refractivity contribution in [3.8, 4) is 0 Å². The highest BCUT2D eigenvalue weighted by Gasteiger charge is 2.32. The summed E-state index contributed by atoms with van der Waals surface area (Å²) in [6.45, 7) is -0.0109. The van der Waals surface area contributed by atoms with Gasteiger partial charge in [0.05, 0.1) is 17.4 Å². The number of alkyl halides is 3. The van der Waals surface area contributed by atoms with E-state index in [0.29, 0.717) is 5.69 Å². The van der Waals surface area contributed by atoms with Gasteiger partial charge in [0.25, 0.3) is 0 Å². The number of pyridine rings is 1. The van der Waals surface area contributed by atoms with Crippen molar-refractivity contribution in [1.29, 1.82) is 0 Å². The number of benzene rings is 1.